The normalized spacial score (nSPS) is 25.7. The molecule has 0 atom stereocenters. The van der Waals surface area contributed by atoms with Crippen LogP contribution in [0.3, 0.4) is 0 Å². The van der Waals surface area contributed by atoms with Crippen LogP contribution in [0, 0.1) is 5.41 Å². The molecule has 0 amide bonds. The van der Waals surface area contributed by atoms with E-state index in [-0.39, 0.29) is 12.1 Å². The minimum Gasteiger partial charge on any atom is -0.480 e. The van der Waals surface area contributed by atoms with Crippen molar-refractivity contribution in [3.05, 3.63) is 0 Å². The van der Waals surface area contributed by atoms with Crippen molar-refractivity contribution in [2.45, 2.75) is 45.6 Å². The number of carbonyl (C=O) groups is 1. The molecule has 2 heterocycles. The average Bonchev–Trinajstić information content (AvgIpc) is 2.60. The second kappa shape index (κ2) is 4.82. The number of aliphatic carboxylic acids is 1. The molecule has 0 unspecified atom stereocenters. The standard InChI is InChI=1S/C14H26N2O2/c1-13(2,3)16-8-5-14(6-9-16)4-7-15(11-14)10-12(17)18/h4-11H2,1-3H3,(H,17,18). The Labute approximate surface area is 110 Å². The van der Waals surface area contributed by atoms with Gasteiger partial charge in [-0.25, -0.2) is 0 Å². The van der Waals surface area contributed by atoms with E-state index >= 15 is 0 Å². The van der Waals surface area contributed by atoms with Gasteiger partial charge in [0.05, 0.1) is 6.54 Å². The summed E-state index contributed by atoms with van der Waals surface area (Å²) in [6.07, 6.45) is 3.62. The third-order valence-corrected chi connectivity index (χ3v) is 4.65. The van der Waals surface area contributed by atoms with E-state index in [1.165, 1.54) is 19.3 Å². The fourth-order valence-electron chi connectivity index (χ4n) is 3.41. The highest BCUT2D eigenvalue weighted by molar-refractivity contribution is 5.69. The third kappa shape index (κ3) is 3.04. The summed E-state index contributed by atoms with van der Waals surface area (Å²) in [6, 6.07) is 0. The summed E-state index contributed by atoms with van der Waals surface area (Å²) in [5.41, 5.74) is 0.665. The molecule has 0 saturated carbocycles. The minimum absolute atomic E-state index is 0.213. The smallest absolute Gasteiger partial charge is 0.317 e. The molecule has 0 aliphatic carbocycles. The molecule has 104 valence electrons. The number of hydrogen-bond acceptors (Lipinski definition) is 3. The lowest BCUT2D eigenvalue weighted by Crippen LogP contribution is -2.49. The maximum absolute atomic E-state index is 10.8. The zero-order valence-corrected chi connectivity index (χ0v) is 11.9. The predicted molar refractivity (Wildman–Crippen MR) is 71.7 cm³/mol. The van der Waals surface area contributed by atoms with Gasteiger partial charge in [0.1, 0.15) is 0 Å². The van der Waals surface area contributed by atoms with Crippen LogP contribution in [0.1, 0.15) is 40.0 Å². The van der Waals surface area contributed by atoms with Crippen molar-refractivity contribution < 1.29 is 9.90 Å². The van der Waals surface area contributed by atoms with Crippen LogP contribution >= 0.6 is 0 Å². The molecular formula is C14H26N2O2. The lowest BCUT2D eigenvalue weighted by Gasteiger charge is -2.45. The first-order chi connectivity index (χ1) is 8.31. The van der Waals surface area contributed by atoms with Crippen LogP contribution in [0.4, 0.5) is 0 Å². The van der Waals surface area contributed by atoms with Crippen LogP contribution in [0.5, 0.6) is 0 Å². The van der Waals surface area contributed by atoms with E-state index in [1.54, 1.807) is 0 Å². The van der Waals surface area contributed by atoms with Gasteiger partial charge in [-0.1, -0.05) is 0 Å². The van der Waals surface area contributed by atoms with Crippen molar-refractivity contribution in [2.24, 2.45) is 5.41 Å². The van der Waals surface area contributed by atoms with Gasteiger partial charge >= 0.3 is 5.97 Å². The van der Waals surface area contributed by atoms with Gasteiger partial charge in [-0.15, -0.1) is 0 Å². The fourth-order valence-corrected chi connectivity index (χ4v) is 3.41. The van der Waals surface area contributed by atoms with Crippen LogP contribution in [0.2, 0.25) is 0 Å². The highest BCUT2D eigenvalue weighted by Gasteiger charge is 2.42. The number of carboxylic acids is 1. The van der Waals surface area contributed by atoms with Crippen molar-refractivity contribution in [1.29, 1.82) is 0 Å². The number of hydrogen-bond donors (Lipinski definition) is 1. The molecule has 0 bridgehead atoms. The Bertz CT molecular complexity index is 314. The Morgan fingerprint density at radius 3 is 2.22 bits per heavy atom. The molecule has 0 radical (unpaired) electrons. The van der Waals surface area contributed by atoms with Crippen LogP contribution in [-0.2, 0) is 4.79 Å². The quantitative estimate of drug-likeness (QED) is 0.814. The number of likely N-dealkylation sites (tertiary alicyclic amines) is 2. The third-order valence-electron chi connectivity index (χ3n) is 4.65. The molecule has 4 heteroatoms. The molecule has 0 aromatic carbocycles. The van der Waals surface area contributed by atoms with E-state index in [0.29, 0.717) is 5.41 Å². The zero-order valence-electron chi connectivity index (χ0n) is 11.9. The predicted octanol–water partition coefficient (Wildman–Crippen LogP) is 1.66. The number of piperidine rings is 1. The van der Waals surface area contributed by atoms with Gasteiger partial charge in [0.25, 0.3) is 0 Å². The summed E-state index contributed by atoms with van der Waals surface area (Å²) >= 11 is 0. The van der Waals surface area contributed by atoms with Gasteiger partial charge < -0.3 is 5.11 Å². The first-order valence-corrected chi connectivity index (χ1v) is 7.00. The summed E-state index contributed by atoms with van der Waals surface area (Å²) in [7, 11) is 0. The molecule has 18 heavy (non-hydrogen) atoms. The van der Waals surface area contributed by atoms with E-state index in [0.717, 1.165) is 26.2 Å². The van der Waals surface area contributed by atoms with Gasteiger partial charge in [0, 0.05) is 12.1 Å². The minimum atomic E-state index is -0.695. The molecule has 2 aliphatic rings. The van der Waals surface area contributed by atoms with Crippen molar-refractivity contribution in [2.75, 3.05) is 32.7 Å². The number of rotatable bonds is 2. The molecule has 4 nitrogen and oxygen atoms in total. The Morgan fingerprint density at radius 1 is 1.17 bits per heavy atom. The zero-order chi connectivity index (χ0) is 13.4. The molecule has 0 aromatic rings. The lowest BCUT2D eigenvalue weighted by molar-refractivity contribution is -0.138. The van der Waals surface area contributed by atoms with Crippen molar-refractivity contribution >= 4 is 5.97 Å². The van der Waals surface area contributed by atoms with Crippen molar-refractivity contribution in [3.63, 3.8) is 0 Å². The number of carboxylic acid groups (broad SMARTS) is 1. The molecule has 2 rings (SSSR count). The van der Waals surface area contributed by atoms with Gasteiger partial charge in [0.2, 0.25) is 0 Å². The van der Waals surface area contributed by atoms with Crippen LogP contribution in [-0.4, -0.2) is 59.1 Å². The molecule has 0 aromatic heterocycles. The number of nitrogens with zero attached hydrogens (tertiary/aromatic N) is 2. The van der Waals surface area contributed by atoms with Gasteiger partial charge in [-0.2, -0.15) is 0 Å². The summed E-state index contributed by atoms with van der Waals surface area (Å²) in [6.45, 7) is 11.3. The van der Waals surface area contributed by atoms with Gasteiger partial charge in [-0.05, 0) is 65.1 Å². The molecular weight excluding hydrogens is 228 g/mol. The van der Waals surface area contributed by atoms with E-state index < -0.39 is 5.97 Å². The summed E-state index contributed by atoms with van der Waals surface area (Å²) in [5, 5.41) is 8.86. The lowest BCUT2D eigenvalue weighted by atomic mass is 9.77. The highest BCUT2D eigenvalue weighted by Crippen LogP contribution is 2.41. The highest BCUT2D eigenvalue weighted by atomic mass is 16.4. The van der Waals surface area contributed by atoms with Gasteiger partial charge in [-0.3, -0.25) is 14.6 Å². The largest absolute Gasteiger partial charge is 0.480 e. The first-order valence-electron chi connectivity index (χ1n) is 7.00. The fraction of sp³-hybridized carbons (Fsp3) is 0.929. The molecule has 1 N–H and O–H groups in total. The summed E-state index contributed by atoms with van der Waals surface area (Å²) < 4.78 is 0. The van der Waals surface area contributed by atoms with Gasteiger partial charge in [0.15, 0.2) is 0 Å². The van der Waals surface area contributed by atoms with E-state index in [2.05, 4.69) is 30.6 Å². The maximum Gasteiger partial charge on any atom is 0.317 e. The van der Waals surface area contributed by atoms with Crippen molar-refractivity contribution in [3.8, 4) is 0 Å². The van der Waals surface area contributed by atoms with E-state index in [1.807, 2.05) is 0 Å². The Hall–Kier alpha value is -0.610. The Kier molecular flexibility index (Phi) is 3.70. The van der Waals surface area contributed by atoms with Crippen molar-refractivity contribution in [1.82, 2.24) is 9.80 Å². The second-order valence-electron chi connectivity index (χ2n) is 7.01. The van der Waals surface area contributed by atoms with Crippen LogP contribution < -0.4 is 0 Å². The van der Waals surface area contributed by atoms with Crippen LogP contribution in [0.25, 0.3) is 0 Å². The summed E-state index contributed by atoms with van der Waals surface area (Å²) in [5.74, 6) is -0.695. The average molecular weight is 254 g/mol. The molecule has 2 saturated heterocycles. The topological polar surface area (TPSA) is 43.8 Å². The molecule has 1 spiro atoms. The molecule has 2 fully saturated rings. The Morgan fingerprint density at radius 2 is 1.72 bits per heavy atom. The SMILES string of the molecule is CC(C)(C)N1CCC2(CCN(CC(=O)O)C2)CC1. The van der Waals surface area contributed by atoms with Crippen LogP contribution in [0.15, 0.2) is 0 Å². The maximum atomic E-state index is 10.8. The van der Waals surface area contributed by atoms with E-state index in [4.69, 9.17) is 5.11 Å². The Balaban J connectivity index is 1.88. The second-order valence-corrected chi connectivity index (χ2v) is 7.01. The molecule has 2 aliphatic heterocycles. The first kappa shape index (κ1) is 13.8. The van der Waals surface area contributed by atoms with E-state index in [9.17, 15) is 4.79 Å². The summed E-state index contributed by atoms with van der Waals surface area (Å²) in [4.78, 5) is 15.4. The monoisotopic (exact) mass is 254 g/mol.